The minimum atomic E-state index is -1.89. The van der Waals surface area contributed by atoms with Crippen LogP contribution >= 0.6 is 0 Å². The van der Waals surface area contributed by atoms with Crippen molar-refractivity contribution >= 4 is 20.3 Å². The van der Waals surface area contributed by atoms with E-state index < -0.39 is 25.7 Å². The number of hydrogen-bond acceptors (Lipinski definition) is 3. The Morgan fingerprint density at radius 3 is 1.80 bits per heavy atom. The highest BCUT2D eigenvalue weighted by molar-refractivity contribution is 6.74. The highest BCUT2D eigenvalue weighted by Gasteiger charge is 2.50. The van der Waals surface area contributed by atoms with Gasteiger partial charge in [0.15, 0.2) is 13.7 Å². The third-order valence-corrected chi connectivity index (χ3v) is 9.41. The molecule has 5 nitrogen and oxygen atoms in total. The molecule has 0 unspecified atom stereocenters. The minimum absolute atomic E-state index is 0.0114. The molecule has 1 aliphatic rings. The molecule has 1 fully saturated rings. The Labute approximate surface area is 121 Å². The Balaban J connectivity index is 2.72. The molecule has 0 amide bonds. The van der Waals surface area contributed by atoms with Crippen LogP contribution in [0.15, 0.2) is 0 Å². The zero-order valence-corrected chi connectivity index (χ0v) is 14.0. The Morgan fingerprint density at radius 2 is 1.50 bits per heavy atom. The Kier molecular flexibility index (Phi) is 4.71. The zero-order chi connectivity index (χ0) is 15.8. The molecule has 0 saturated heterocycles. The molecule has 1 rings (SSSR count). The van der Waals surface area contributed by atoms with E-state index in [1.54, 1.807) is 0 Å². The molecule has 0 aliphatic heterocycles. The van der Waals surface area contributed by atoms with Gasteiger partial charge in [-0.3, -0.25) is 9.59 Å². The van der Waals surface area contributed by atoms with Crippen LogP contribution in [0.2, 0.25) is 18.1 Å². The van der Waals surface area contributed by atoms with Crippen molar-refractivity contribution in [3.8, 4) is 0 Å². The zero-order valence-electron chi connectivity index (χ0n) is 13.0. The first-order valence-corrected chi connectivity index (χ1v) is 9.98. The lowest BCUT2D eigenvalue weighted by atomic mass is 9.73. The summed E-state index contributed by atoms with van der Waals surface area (Å²) >= 11 is 0. The van der Waals surface area contributed by atoms with E-state index >= 15 is 0 Å². The lowest BCUT2D eigenvalue weighted by Gasteiger charge is -2.42. The Hall–Kier alpha value is -0.883. The summed E-state index contributed by atoms with van der Waals surface area (Å²) in [6, 6.07) is 0. The third-order valence-electron chi connectivity index (χ3n) is 4.87. The van der Waals surface area contributed by atoms with Gasteiger partial charge < -0.3 is 14.6 Å². The van der Waals surface area contributed by atoms with Gasteiger partial charge in [-0.1, -0.05) is 20.8 Å². The summed E-state index contributed by atoms with van der Waals surface area (Å²) in [5.41, 5.74) is -1.62. The highest BCUT2D eigenvalue weighted by atomic mass is 28.4. The lowest BCUT2D eigenvalue weighted by molar-refractivity contribution is -0.168. The predicted molar refractivity (Wildman–Crippen MR) is 78.2 cm³/mol. The molecule has 0 aromatic heterocycles. The summed E-state index contributed by atoms with van der Waals surface area (Å²) in [6.45, 7) is 10.8. The molecule has 0 aromatic carbocycles. The van der Waals surface area contributed by atoms with Gasteiger partial charge in [-0.2, -0.15) is 0 Å². The number of carboxylic acid groups (broad SMARTS) is 2. The molecule has 20 heavy (non-hydrogen) atoms. The van der Waals surface area contributed by atoms with Gasteiger partial charge in [0.25, 0.3) is 0 Å². The molecule has 116 valence electrons. The Morgan fingerprint density at radius 1 is 1.10 bits per heavy atom. The number of carbonyl (C=O) groups is 2. The second kappa shape index (κ2) is 5.48. The highest BCUT2D eigenvalue weighted by Crippen LogP contribution is 2.42. The largest absolute Gasteiger partial charge is 0.480 e. The SMILES string of the molecule is CC(C)(C)[Si](C)(C)OC1CCC(C(=O)O)(C(=O)O)CC1. The van der Waals surface area contributed by atoms with E-state index in [0.717, 1.165) is 0 Å². The monoisotopic (exact) mass is 302 g/mol. The van der Waals surface area contributed by atoms with Crippen LogP contribution in [0.5, 0.6) is 0 Å². The second-order valence-corrected chi connectivity index (χ2v) is 12.0. The van der Waals surface area contributed by atoms with Crippen LogP contribution < -0.4 is 0 Å². The smallest absolute Gasteiger partial charge is 0.321 e. The standard InChI is InChI=1S/C14H26O5Si/c1-13(2,3)20(4,5)19-10-6-8-14(9-7-10,11(15)16)12(17)18/h10H,6-9H2,1-5H3,(H,15,16)(H,17,18). The van der Waals surface area contributed by atoms with E-state index in [9.17, 15) is 19.8 Å². The summed E-state index contributed by atoms with van der Waals surface area (Å²) in [5.74, 6) is -2.45. The fourth-order valence-electron chi connectivity index (χ4n) is 2.31. The van der Waals surface area contributed by atoms with Crippen LogP contribution in [0.25, 0.3) is 0 Å². The van der Waals surface area contributed by atoms with Crippen LogP contribution in [0.1, 0.15) is 46.5 Å². The molecule has 0 radical (unpaired) electrons. The van der Waals surface area contributed by atoms with Crippen LogP contribution in [-0.4, -0.2) is 36.6 Å². The maximum Gasteiger partial charge on any atom is 0.321 e. The summed E-state index contributed by atoms with van der Waals surface area (Å²) in [6.07, 6.45) is 1.30. The molecule has 0 atom stereocenters. The molecule has 1 aliphatic carbocycles. The number of hydrogen-bond donors (Lipinski definition) is 2. The first-order valence-electron chi connectivity index (χ1n) is 7.07. The summed E-state index contributed by atoms with van der Waals surface area (Å²) in [5, 5.41) is 18.5. The van der Waals surface area contributed by atoms with Crippen molar-refractivity contribution in [2.75, 3.05) is 0 Å². The van der Waals surface area contributed by atoms with E-state index in [1.165, 1.54) is 0 Å². The van der Waals surface area contributed by atoms with Crippen molar-refractivity contribution in [2.45, 2.75) is 70.7 Å². The maximum atomic E-state index is 11.3. The first kappa shape index (κ1) is 17.2. The van der Waals surface area contributed by atoms with E-state index in [1.807, 2.05) is 0 Å². The van der Waals surface area contributed by atoms with E-state index in [4.69, 9.17) is 4.43 Å². The topological polar surface area (TPSA) is 83.8 Å². The van der Waals surface area contributed by atoms with Gasteiger partial charge in [-0.15, -0.1) is 0 Å². The van der Waals surface area contributed by atoms with Crippen molar-refractivity contribution in [1.29, 1.82) is 0 Å². The second-order valence-electron chi connectivity index (χ2n) is 7.27. The summed E-state index contributed by atoms with van der Waals surface area (Å²) in [4.78, 5) is 22.5. The van der Waals surface area contributed by atoms with Crippen LogP contribution in [0.3, 0.4) is 0 Å². The fourth-order valence-corrected chi connectivity index (χ4v) is 3.74. The maximum absolute atomic E-state index is 11.3. The van der Waals surface area contributed by atoms with Gasteiger partial charge in [0, 0.05) is 6.10 Å². The van der Waals surface area contributed by atoms with E-state index in [-0.39, 0.29) is 24.0 Å². The van der Waals surface area contributed by atoms with Crippen LogP contribution in [-0.2, 0) is 14.0 Å². The number of carboxylic acids is 2. The van der Waals surface area contributed by atoms with Crippen molar-refractivity contribution < 1.29 is 24.2 Å². The molecular formula is C14H26O5Si. The molecule has 6 heteroatoms. The van der Waals surface area contributed by atoms with Gasteiger partial charge in [0.1, 0.15) is 0 Å². The minimum Gasteiger partial charge on any atom is -0.480 e. The predicted octanol–water partition coefficient (Wildman–Crippen LogP) is 3.11. The molecule has 2 N–H and O–H groups in total. The molecule has 0 aromatic rings. The van der Waals surface area contributed by atoms with Crippen molar-refractivity contribution in [3.63, 3.8) is 0 Å². The summed E-state index contributed by atoms with van der Waals surface area (Å²) < 4.78 is 6.25. The first-order chi connectivity index (χ1) is 8.92. The fraction of sp³-hybridized carbons (Fsp3) is 0.857. The van der Waals surface area contributed by atoms with Gasteiger partial charge in [-0.05, 0) is 43.8 Å². The third kappa shape index (κ3) is 3.23. The molecule has 1 saturated carbocycles. The van der Waals surface area contributed by atoms with Crippen LogP contribution in [0, 0.1) is 5.41 Å². The van der Waals surface area contributed by atoms with Crippen LogP contribution in [0.4, 0.5) is 0 Å². The molecule has 0 bridgehead atoms. The van der Waals surface area contributed by atoms with Gasteiger partial charge in [0.2, 0.25) is 0 Å². The molecule has 0 spiro atoms. The van der Waals surface area contributed by atoms with Gasteiger partial charge >= 0.3 is 11.9 Å². The van der Waals surface area contributed by atoms with Crippen molar-refractivity contribution in [2.24, 2.45) is 5.41 Å². The number of rotatable bonds is 4. The van der Waals surface area contributed by atoms with Gasteiger partial charge in [0.05, 0.1) is 0 Å². The normalized spacial score (nSPS) is 20.6. The summed E-state index contributed by atoms with van der Waals surface area (Å²) in [7, 11) is -1.89. The number of aliphatic carboxylic acids is 2. The van der Waals surface area contributed by atoms with Crippen molar-refractivity contribution in [1.82, 2.24) is 0 Å². The average molecular weight is 302 g/mol. The van der Waals surface area contributed by atoms with Crippen molar-refractivity contribution in [3.05, 3.63) is 0 Å². The average Bonchev–Trinajstić information content (AvgIpc) is 2.27. The quantitative estimate of drug-likeness (QED) is 0.616. The van der Waals surface area contributed by atoms with E-state index in [0.29, 0.717) is 12.8 Å². The molecule has 0 heterocycles. The molecular weight excluding hydrogens is 276 g/mol. The van der Waals surface area contributed by atoms with Gasteiger partial charge in [-0.25, -0.2) is 0 Å². The Bertz CT molecular complexity index is 373. The lowest BCUT2D eigenvalue weighted by Crippen LogP contribution is -2.48. The van der Waals surface area contributed by atoms with E-state index in [2.05, 4.69) is 33.9 Å².